The van der Waals surface area contributed by atoms with Gasteiger partial charge >= 0.3 is 6.18 Å². The Labute approximate surface area is 152 Å². The number of halogens is 3. The average Bonchev–Trinajstić information content (AvgIpc) is 2.88. The fraction of sp³-hybridized carbons (Fsp3) is 0.278. The zero-order chi connectivity index (χ0) is 19.9. The third-order valence-electron chi connectivity index (χ3n) is 4.25. The van der Waals surface area contributed by atoms with Crippen molar-refractivity contribution < 1.29 is 22.8 Å². The molecule has 27 heavy (non-hydrogen) atoms. The number of aromatic nitrogens is 3. The van der Waals surface area contributed by atoms with Crippen molar-refractivity contribution in [1.29, 1.82) is 0 Å². The topological polar surface area (TPSA) is 69.0 Å². The molecule has 1 amide bonds. The number of carbonyl (C=O) groups excluding carboxylic acids is 1. The van der Waals surface area contributed by atoms with Crippen molar-refractivity contribution in [3.05, 3.63) is 52.5 Å². The molecule has 0 aliphatic rings. The average molecular weight is 378 g/mol. The molecule has 0 aliphatic heterocycles. The molecular weight excluding hydrogens is 361 g/mol. The van der Waals surface area contributed by atoms with Gasteiger partial charge in [-0.15, -0.1) is 0 Å². The van der Waals surface area contributed by atoms with Crippen molar-refractivity contribution in [2.75, 3.05) is 7.11 Å². The van der Waals surface area contributed by atoms with Gasteiger partial charge in [-0.25, -0.2) is 10.2 Å². The van der Waals surface area contributed by atoms with Crippen LogP contribution in [-0.2, 0) is 11.0 Å². The van der Waals surface area contributed by atoms with E-state index in [0.29, 0.717) is 22.6 Å². The summed E-state index contributed by atoms with van der Waals surface area (Å²) in [6.45, 7) is 5.02. The smallest absolute Gasteiger partial charge is 0.277 e. The molecule has 0 fully saturated rings. The lowest BCUT2D eigenvalue weighted by Crippen LogP contribution is -2.25. The fourth-order valence-corrected chi connectivity index (χ4v) is 2.95. The molecular formula is C18H17F3N4O2. The largest absolute Gasteiger partial charge is 0.418 e. The molecule has 9 heteroatoms. The second-order valence-corrected chi connectivity index (χ2v) is 6.09. The van der Waals surface area contributed by atoms with E-state index in [1.54, 1.807) is 26.8 Å². The van der Waals surface area contributed by atoms with Crippen LogP contribution in [0.1, 0.15) is 33.0 Å². The lowest BCUT2D eigenvalue weighted by atomic mass is 10.1. The molecule has 0 atom stereocenters. The van der Waals surface area contributed by atoms with E-state index in [1.807, 2.05) is 0 Å². The number of nitrogens with one attached hydrogen (secondary N) is 1. The van der Waals surface area contributed by atoms with Crippen LogP contribution in [0.2, 0.25) is 0 Å². The van der Waals surface area contributed by atoms with Gasteiger partial charge in [-0.2, -0.15) is 18.3 Å². The van der Waals surface area contributed by atoms with Crippen molar-refractivity contribution in [2.45, 2.75) is 26.9 Å². The maximum absolute atomic E-state index is 13.4. The van der Waals surface area contributed by atoms with Crippen LogP contribution in [0.4, 0.5) is 13.2 Å². The lowest BCUT2D eigenvalue weighted by Gasteiger charge is -2.15. The van der Waals surface area contributed by atoms with E-state index in [0.717, 1.165) is 6.07 Å². The van der Waals surface area contributed by atoms with Crippen molar-refractivity contribution in [2.24, 2.45) is 0 Å². The molecule has 1 aromatic carbocycles. The normalized spacial score (nSPS) is 11.8. The predicted molar refractivity (Wildman–Crippen MR) is 92.6 cm³/mol. The number of carbonyl (C=O) groups is 1. The molecule has 2 aromatic heterocycles. The zero-order valence-corrected chi connectivity index (χ0v) is 15.1. The van der Waals surface area contributed by atoms with Gasteiger partial charge in [-0.3, -0.25) is 14.6 Å². The number of hydrogen-bond donors (Lipinski definition) is 1. The number of alkyl halides is 3. The maximum atomic E-state index is 13.4. The summed E-state index contributed by atoms with van der Waals surface area (Å²) in [6, 6.07) is 5.41. The summed E-state index contributed by atoms with van der Waals surface area (Å²) >= 11 is 0. The van der Waals surface area contributed by atoms with Crippen LogP contribution >= 0.6 is 0 Å². The highest BCUT2D eigenvalue weighted by molar-refractivity contribution is 5.96. The fourth-order valence-electron chi connectivity index (χ4n) is 2.95. The summed E-state index contributed by atoms with van der Waals surface area (Å²) < 4.78 is 41.6. The van der Waals surface area contributed by atoms with Gasteiger partial charge in [0.15, 0.2) is 0 Å². The van der Waals surface area contributed by atoms with E-state index in [1.165, 1.54) is 23.9 Å². The molecule has 0 spiro atoms. The van der Waals surface area contributed by atoms with Crippen molar-refractivity contribution in [1.82, 2.24) is 20.2 Å². The van der Waals surface area contributed by atoms with Crippen LogP contribution < -0.4 is 5.48 Å². The molecule has 1 N–H and O–H groups in total. The Morgan fingerprint density at radius 3 is 2.56 bits per heavy atom. The highest BCUT2D eigenvalue weighted by Crippen LogP contribution is 2.36. The van der Waals surface area contributed by atoms with Crippen LogP contribution in [0.15, 0.2) is 24.3 Å². The Morgan fingerprint density at radius 1 is 1.22 bits per heavy atom. The van der Waals surface area contributed by atoms with Gasteiger partial charge in [0.05, 0.1) is 29.6 Å². The first-order chi connectivity index (χ1) is 12.6. The standard InChI is InChI=1S/C18H17F3N4O2/c1-9-8-14(12-6-5-7-13(15(12)22-9)18(19,20)21)25-16(17(26)24-27-4)10(2)11(3)23-25/h5-8H,1-4H3,(H,24,26). The van der Waals surface area contributed by atoms with Crippen LogP contribution in [0.3, 0.4) is 0 Å². The van der Waals surface area contributed by atoms with Gasteiger partial charge in [0.25, 0.3) is 5.91 Å². The van der Waals surface area contributed by atoms with E-state index in [9.17, 15) is 18.0 Å². The maximum Gasteiger partial charge on any atom is 0.418 e. The molecule has 0 saturated carbocycles. The van der Waals surface area contributed by atoms with Crippen LogP contribution in [-0.4, -0.2) is 27.8 Å². The van der Waals surface area contributed by atoms with E-state index >= 15 is 0 Å². The van der Waals surface area contributed by atoms with Crippen molar-refractivity contribution in [3.8, 4) is 5.69 Å². The number of para-hydroxylation sites is 1. The van der Waals surface area contributed by atoms with Crippen LogP contribution in [0, 0.1) is 20.8 Å². The number of nitrogens with zero attached hydrogens (tertiary/aromatic N) is 3. The summed E-state index contributed by atoms with van der Waals surface area (Å²) in [5.74, 6) is -0.551. The Morgan fingerprint density at radius 2 is 1.93 bits per heavy atom. The summed E-state index contributed by atoms with van der Waals surface area (Å²) in [7, 11) is 1.29. The van der Waals surface area contributed by atoms with Crippen LogP contribution in [0.25, 0.3) is 16.6 Å². The minimum absolute atomic E-state index is 0.179. The summed E-state index contributed by atoms with van der Waals surface area (Å²) in [6.07, 6.45) is -4.55. The van der Waals surface area contributed by atoms with Gasteiger partial charge in [-0.1, -0.05) is 12.1 Å². The minimum atomic E-state index is -4.55. The quantitative estimate of drug-likeness (QED) is 0.707. The molecule has 6 nitrogen and oxygen atoms in total. The van der Waals surface area contributed by atoms with Crippen LogP contribution in [0.5, 0.6) is 0 Å². The molecule has 0 bridgehead atoms. The number of amides is 1. The molecule has 0 radical (unpaired) electrons. The lowest BCUT2D eigenvalue weighted by molar-refractivity contribution is -0.136. The highest BCUT2D eigenvalue weighted by Gasteiger charge is 2.34. The SMILES string of the molecule is CONC(=O)c1c(C)c(C)nn1-c1cc(C)nc2c(C(F)(F)F)cccc12. The van der Waals surface area contributed by atoms with Gasteiger partial charge in [0.2, 0.25) is 0 Å². The predicted octanol–water partition coefficient (Wildman–Crippen LogP) is 3.66. The van der Waals surface area contributed by atoms with E-state index in [4.69, 9.17) is 0 Å². The third-order valence-corrected chi connectivity index (χ3v) is 4.25. The number of aryl methyl sites for hydroxylation is 2. The van der Waals surface area contributed by atoms with Gasteiger partial charge in [0, 0.05) is 16.6 Å². The Hall–Kier alpha value is -2.94. The van der Waals surface area contributed by atoms with Gasteiger partial charge in [0.1, 0.15) is 5.69 Å². The summed E-state index contributed by atoms with van der Waals surface area (Å²) in [5.41, 5.74) is 3.26. The third kappa shape index (κ3) is 3.25. The highest BCUT2D eigenvalue weighted by atomic mass is 19.4. The number of hydrogen-bond acceptors (Lipinski definition) is 4. The Bertz CT molecular complexity index is 1040. The monoisotopic (exact) mass is 378 g/mol. The first-order valence-corrected chi connectivity index (χ1v) is 8.02. The number of pyridine rings is 1. The number of hydroxylamine groups is 1. The summed E-state index contributed by atoms with van der Waals surface area (Å²) in [4.78, 5) is 21.2. The van der Waals surface area contributed by atoms with Gasteiger partial charge < -0.3 is 0 Å². The van der Waals surface area contributed by atoms with Crippen molar-refractivity contribution >= 4 is 16.8 Å². The first kappa shape index (κ1) is 18.8. The van der Waals surface area contributed by atoms with E-state index in [2.05, 4.69) is 20.4 Å². The molecule has 0 saturated heterocycles. The van der Waals surface area contributed by atoms with Crippen molar-refractivity contribution in [3.63, 3.8) is 0 Å². The Balaban J connectivity index is 2.37. The summed E-state index contributed by atoms with van der Waals surface area (Å²) in [5, 5.41) is 4.60. The first-order valence-electron chi connectivity index (χ1n) is 8.02. The molecule has 3 rings (SSSR count). The molecule has 0 unspecified atom stereocenters. The molecule has 142 valence electrons. The molecule has 3 aromatic rings. The number of rotatable bonds is 3. The molecule has 2 heterocycles. The second-order valence-electron chi connectivity index (χ2n) is 6.09. The van der Waals surface area contributed by atoms with Gasteiger partial charge in [-0.05, 0) is 32.9 Å². The Kier molecular flexibility index (Phi) is 4.64. The number of benzene rings is 1. The number of fused-ring (bicyclic) bond motifs is 1. The second kappa shape index (κ2) is 6.66. The van der Waals surface area contributed by atoms with E-state index < -0.39 is 17.6 Å². The minimum Gasteiger partial charge on any atom is -0.277 e. The van der Waals surface area contributed by atoms with E-state index in [-0.39, 0.29) is 16.6 Å². The zero-order valence-electron chi connectivity index (χ0n) is 15.1. The molecule has 0 aliphatic carbocycles.